The lowest BCUT2D eigenvalue weighted by molar-refractivity contribution is -0.119. The third-order valence-corrected chi connectivity index (χ3v) is 9.12. The van der Waals surface area contributed by atoms with Gasteiger partial charge in [-0.05, 0) is 29.3 Å². The van der Waals surface area contributed by atoms with Crippen LogP contribution in [0.4, 0.5) is 0 Å². The van der Waals surface area contributed by atoms with Gasteiger partial charge in [-0.3, -0.25) is 4.79 Å². The Hall–Kier alpha value is -2.17. The van der Waals surface area contributed by atoms with Crippen molar-refractivity contribution in [1.29, 1.82) is 0 Å². The van der Waals surface area contributed by atoms with Gasteiger partial charge >= 0.3 is 0 Å². The van der Waals surface area contributed by atoms with E-state index in [9.17, 15) is 13.2 Å². The number of sulfone groups is 1. The number of benzene rings is 1. The summed E-state index contributed by atoms with van der Waals surface area (Å²) in [4.78, 5) is 13.8. The Morgan fingerprint density at radius 1 is 1.26 bits per heavy atom. The van der Waals surface area contributed by atoms with Crippen molar-refractivity contribution in [2.45, 2.75) is 24.0 Å². The molecule has 164 valence electrons. The molecular formula is C21H24N4O3S3. The number of aromatic nitrogens is 3. The van der Waals surface area contributed by atoms with E-state index in [1.54, 1.807) is 11.3 Å². The molecule has 1 aliphatic rings. The van der Waals surface area contributed by atoms with Gasteiger partial charge in [0, 0.05) is 18.3 Å². The first-order valence-corrected chi connectivity index (χ1v) is 13.7. The Morgan fingerprint density at radius 3 is 2.74 bits per heavy atom. The Balaban J connectivity index is 1.37. The van der Waals surface area contributed by atoms with Crippen LogP contribution in [0.5, 0.6) is 0 Å². The normalized spacial score (nSPS) is 18.7. The van der Waals surface area contributed by atoms with Crippen LogP contribution in [-0.2, 0) is 28.1 Å². The van der Waals surface area contributed by atoms with E-state index in [0.29, 0.717) is 18.0 Å². The van der Waals surface area contributed by atoms with E-state index in [-0.39, 0.29) is 35.1 Å². The van der Waals surface area contributed by atoms with E-state index in [2.05, 4.69) is 15.5 Å². The summed E-state index contributed by atoms with van der Waals surface area (Å²) >= 11 is 2.94. The van der Waals surface area contributed by atoms with Crippen LogP contribution in [0.1, 0.15) is 28.7 Å². The van der Waals surface area contributed by atoms with Crippen molar-refractivity contribution in [2.75, 3.05) is 17.3 Å². The van der Waals surface area contributed by atoms with Gasteiger partial charge in [0.15, 0.2) is 15.0 Å². The molecule has 3 aromatic rings. The van der Waals surface area contributed by atoms with Gasteiger partial charge in [-0.25, -0.2) is 8.42 Å². The predicted octanol–water partition coefficient (Wildman–Crippen LogP) is 2.85. The largest absolute Gasteiger partial charge is 0.344 e. The number of nitrogens with one attached hydrogen (secondary N) is 1. The van der Waals surface area contributed by atoms with E-state index in [0.717, 1.165) is 16.3 Å². The Bertz CT molecular complexity index is 1130. The van der Waals surface area contributed by atoms with E-state index < -0.39 is 9.84 Å². The van der Waals surface area contributed by atoms with Gasteiger partial charge in [0.05, 0.1) is 23.3 Å². The van der Waals surface area contributed by atoms with Gasteiger partial charge in [-0.1, -0.05) is 48.2 Å². The summed E-state index contributed by atoms with van der Waals surface area (Å²) in [6.45, 7) is 0. The minimum atomic E-state index is -2.91. The molecule has 7 nitrogen and oxygen atoms in total. The molecule has 1 aromatic carbocycles. The average molecular weight is 477 g/mol. The molecule has 3 heterocycles. The molecule has 1 saturated heterocycles. The minimum Gasteiger partial charge on any atom is -0.344 e. The number of nitrogens with zero attached hydrogens (tertiary/aromatic N) is 3. The van der Waals surface area contributed by atoms with Crippen molar-refractivity contribution in [1.82, 2.24) is 20.1 Å². The SMILES string of the molecule is Cn1c(C[C@H]2CCS(=O)(=O)C2)nnc1SCC(=O)N[C@@H](c1ccccc1)c1cccs1. The first-order valence-electron chi connectivity index (χ1n) is 10.0. The molecule has 4 rings (SSSR count). The standard InChI is InChI=1S/C21H24N4O3S3/c1-25-18(12-15-9-11-31(27,28)14-15)23-24-21(25)30-13-19(26)22-20(17-8-5-10-29-17)16-6-3-2-4-7-16/h2-8,10,15,20H,9,11-14H2,1H3,(H,22,26)/t15-,20+/m1/s1. The molecule has 2 aromatic heterocycles. The van der Waals surface area contributed by atoms with Gasteiger partial charge in [0.1, 0.15) is 5.82 Å². The maximum Gasteiger partial charge on any atom is 0.231 e. The summed E-state index contributed by atoms with van der Waals surface area (Å²) in [5, 5.41) is 14.2. The first kappa shape index (κ1) is 22.0. The molecule has 10 heteroatoms. The summed E-state index contributed by atoms with van der Waals surface area (Å²) in [5.74, 6) is 1.45. The molecule has 0 bridgehead atoms. The number of carbonyl (C=O) groups is 1. The zero-order chi connectivity index (χ0) is 21.8. The van der Waals surface area contributed by atoms with Crippen LogP contribution in [0.2, 0.25) is 0 Å². The molecule has 31 heavy (non-hydrogen) atoms. The van der Waals surface area contributed by atoms with E-state index in [1.165, 1.54) is 11.8 Å². The number of hydrogen-bond donors (Lipinski definition) is 1. The fraction of sp³-hybridized carbons (Fsp3) is 0.381. The maximum absolute atomic E-state index is 12.7. The van der Waals surface area contributed by atoms with E-state index >= 15 is 0 Å². The summed E-state index contributed by atoms with van der Waals surface area (Å²) in [6, 6.07) is 13.7. The fourth-order valence-electron chi connectivity index (χ4n) is 3.69. The van der Waals surface area contributed by atoms with Crippen molar-refractivity contribution >= 4 is 38.8 Å². The molecule has 0 spiro atoms. The van der Waals surface area contributed by atoms with Crippen molar-refractivity contribution < 1.29 is 13.2 Å². The molecule has 0 unspecified atom stereocenters. The molecule has 1 amide bonds. The second-order valence-corrected chi connectivity index (χ2v) is 11.8. The number of carbonyl (C=O) groups excluding carboxylic acids is 1. The minimum absolute atomic E-state index is 0.0845. The summed E-state index contributed by atoms with van der Waals surface area (Å²) in [6.07, 6.45) is 1.26. The van der Waals surface area contributed by atoms with Gasteiger partial charge in [0.25, 0.3) is 0 Å². The van der Waals surface area contributed by atoms with Crippen molar-refractivity contribution in [3.8, 4) is 0 Å². The van der Waals surface area contributed by atoms with E-state index in [4.69, 9.17) is 0 Å². The lowest BCUT2D eigenvalue weighted by Crippen LogP contribution is -2.30. The maximum atomic E-state index is 12.7. The fourth-order valence-corrected chi connectivity index (χ4v) is 7.10. The second kappa shape index (κ2) is 9.54. The zero-order valence-corrected chi connectivity index (χ0v) is 19.5. The Labute approximate surface area is 190 Å². The number of thiophene rings is 1. The Morgan fingerprint density at radius 2 is 2.06 bits per heavy atom. The number of hydrogen-bond acceptors (Lipinski definition) is 7. The summed E-state index contributed by atoms with van der Waals surface area (Å²) in [5.41, 5.74) is 1.04. The molecule has 1 fully saturated rings. The quantitative estimate of drug-likeness (QED) is 0.503. The van der Waals surface area contributed by atoms with Crippen LogP contribution in [0.3, 0.4) is 0 Å². The molecule has 0 saturated carbocycles. The van der Waals surface area contributed by atoms with Gasteiger partial charge < -0.3 is 9.88 Å². The average Bonchev–Trinajstić information content (AvgIpc) is 3.48. The topological polar surface area (TPSA) is 93.9 Å². The van der Waals surface area contributed by atoms with Crippen LogP contribution in [0, 0.1) is 5.92 Å². The highest BCUT2D eigenvalue weighted by Gasteiger charge is 2.29. The van der Waals surface area contributed by atoms with Crippen LogP contribution in [0.25, 0.3) is 0 Å². The molecule has 0 radical (unpaired) electrons. The predicted molar refractivity (Wildman–Crippen MR) is 123 cm³/mol. The smallest absolute Gasteiger partial charge is 0.231 e. The number of thioether (sulfide) groups is 1. The third-order valence-electron chi connectivity index (χ3n) is 5.32. The van der Waals surface area contributed by atoms with Crippen molar-refractivity contribution in [3.63, 3.8) is 0 Å². The highest BCUT2D eigenvalue weighted by Crippen LogP contribution is 2.27. The van der Waals surface area contributed by atoms with Gasteiger partial charge in [0.2, 0.25) is 5.91 Å². The summed E-state index contributed by atoms with van der Waals surface area (Å²) < 4.78 is 25.2. The van der Waals surface area contributed by atoms with Crippen LogP contribution in [-0.4, -0.2) is 46.3 Å². The molecule has 2 atom stereocenters. The lowest BCUT2D eigenvalue weighted by atomic mass is 10.1. The lowest BCUT2D eigenvalue weighted by Gasteiger charge is -2.18. The van der Waals surface area contributed by atoms with Crippen LogP contribution >= 0.6 is 23.1 Å². The first-order chi connectivity index (χ1) is 14.9. The van der Waals surface area contributed by atoms with Gasteiger partial charge in [-0.15, -0.1) is 21.5 Å². The molecular weight excluding hydrogens is 452 g/mol. The Kier molecular flexibility index (Phi) is 6.78. The van der Waals surface area contributed by atoms with Crippen LogP contribution in [0.15, 0.2) is 53.0 Å². The van der Waals surface area contributed by atoms with Gasteiger partial charge in [-0.2, -0.15) is 0 Å². The summed E-state index contributed by atoms with van der Waals surface area (Å²) in [7, 11) is -1.05. The highest BCUT2D eigenvalue weighted by atomic mass is 32.2. The zero-order valence-electron chi connectivity index (χ0n) is 17.1. The molecule has 0 aliphatic carbocycles. The second-order valence-electron chi connectivity index (χ2n) is 7.65. The molecule has 1 N–H and O–H groups in total. The monoisotopic (exact) mass is 476 g/mol. The van der Waals surface area contributed by atoms with Crippen molar-refractivity contribution in [3.05, 3.63) is 64.1 Å². The third kappa shape index (κ3) is 5.55. The number of amides is 1. The molecule has 1 aliphatic heterocycles. The van der Waals surface area contributed by atoms with E-state index in [1.807, 2.05) is 59.5 Å². The van der Waals surface area contributed by atoms with Crippen molar-refractivity contribution in [2.24, 2.45) is 13.0 Å². The number of rotatable bonds is 8. The van der Waals surface area contributed by atoms with Crippen LogP contribution < -0.4 is 5.32 Å². The highest BCUT2D eigenvalue weighted by molar-refractivity contribution is 7.99.